The molecule has 2 aromatic rings. The average Bonchev–Trinajstić information content (AvgIpc) is 2.86. The Morgan fingerprint density at radius 3 is 2.53 bits per heavy atom. The summed E-state index contributed by atoms with van der Waals surface area (Å²) in [6, 6.07) is 11.0. The molecule has 0 saturated carbocycles. The Morgan fingerprint density at radius 2 is 2.00 bits per heavy atom. The second kappa shape index (κ2) is 5.28. The average molecular weight is 259 g/mol. The lowest BCUT2D eigenvalue weighted by Gasteiger charge is -2.29. The smallest absolute Gasteiger partial charge is 0.255 e. The number of aryl methyl sites for hydroxylation is 1. The van der Waals surface area contributed by atoms with E-state index in [9.17, 15) is 9.90 Å². The van der Waals surface area contributed by atoms with Crippen LogP contribution in [0.1, 0.15) is 28.6 Å². The van der Waals surface area contributed by atoms with E-state index in [4.69, 9.17) is 4.42 Å². The van der Waals surface area contributed by atoms with Crippen molar-refractivity contribution in [1.29, 1.82) is 0 Å². The van der Waals surface area contributed by atoms with Crippen LogP contribution in [0.5, 0.6) is 0 Å². The Kier molecular flexibility index (Phi) is 3.71. The molecule has 1 atom stereocenters. The molecule has 4 heteroatoms. The third-order valence-corrected chi connectivity index (χ3v) is 3.22. The van der Waals surface area contributed by atoms with E-state index in [2.05, 4.69) is 5.32 Å². The molecular weight excluding hydrogens is 242 g/mol. The van der Waals surface area contributed by atoms with Gasteiger partial charge in [-0.1, -0.05) is 30.3 Å². The minimum atomic E-state index is -0.817. The molecule has 0 fully saturated rings. The third kappa shape index (κ3) is 2.69. The Bertz CT molecular complexity index is 562. The number of furan rings is 1. The van der Waals surface area contributed by atoms with Gasteiger partial charge in [-0.15, -0.1) is 0 Å². The summed E-state index contributed by atoms with van der Waals surface area (Å²) in [6.45, 7) is 3.34. The predicted molar refractivity (Wildman–Crippen MR) is 71.8 cm³/mol. The lowest BCUT2D eigenvalue weighted by Crippen LogP contribution is -2.46. The number of nitrogens with one attached hydrogen (secondary N) is 1. The molecule has 2 N–H and O–H groups in total. The molecule has 19 heavy (non-hydrogen) atoms. The maximum Gasteiger partial charge on any atom is 0.255 e. The number of aliphatic hydroxyl groups is 1. The Balaban J connectivity index is 2.25. The molecular formula is C15H17NO3. The van der Waals surface area contributed by atoms with E-state index in [0.717, 1.165) is 5.56 Å². The van der Waals surface area contributed by atoms with Crippen molar-refractivity contribution in [1.82, 2.24) is 5.32 Å². The van der Waals surface area contributed by atoms with Gasteiger partial charge in [0.15, 0.2) is 0 Å². The Morgan fingerprint density at radius 1 is 1.32 bits per heavy atom. The first-order valence-electron chi connectivity index (χ1n) is 6.10. The monoisotopic (exact) mass is 259 g/mol. The van der Waals surface area contributed by atoms with E-state index in [1.54, 1.807) is 19.9 Å². The van der Waals surface area contributed by atoms with Crippen LogP contribution < -0.4 is 5.32 Å². The molecule has 0 aliphatic carbocycles. The number of carbonyl (C=O) groups is 1. The van der Waals surface area contributed by atoms with Gasteiger partial charge < -0.3 is 14.8 Å². The molecule has 2 rings (SSSR count). The fourth-order valence-corrected chi connectivity index (χ4v) is 1.95. The molecule has 1 aromatic heterocycles. The van der Waals surface area contributed by atoms with Crippen LogP contribution in [0.2, 0.25) is 0 Å². The summed E-state index contributed by atoms with van der Waals surface area (Å²) < 4.78 is 5.12. The largest absolute Gasteiger partial charge is 0.469 e. The molecule has 0 spiro atoms. The molecule has 4 nitrogen and oxygen atoms in total. The summed E-state index contributed by atoms with van der Waals surface area (Å²) in [6.07, 6.45) is 1.48. The van der Waals surface area contributed by atoms with E-state index >= 15 is 0 Å². The number of rotatable bonds is 4. The molecule has 0 radical (unpaired) electrons. The van der Waals surface area contributed by atoms with Crippen LogP contribution in [0, 0.1) is 6.92 Å². The highest BCUT2D eigenvalue weighted by atomic mass is 16.3. The van der Waals surface area contributed by atoms with Gasteiger partial charge in [0.05, 0.1) is 24.0 Å². The number of amides is 1. The summed E-state index contributed by atoms with van der Waals surface area (Å²) >= 11 is 0. The van der Waals surface area contributed by atoms with E-state index in [-0.39, 0.29) is 12.5 Å². The van der Waals surface area contributed by atoms with Crippen LogP contribution in [-0.4, -0.2) is 17.6 Å². The summed E-state index contributed by atoms with van der Waals surface area (Å²) in [5.41, 5.74) is 0.518. The van der Waals surface area contributed by atoms with Crippen LogP contribution in [0.4, 0.5) is 0 Å². The first-order valence-corrected chi connectivity index (χ1v) is 6.10. The molecule has 0 bridgehead atoms. The van der Waals surface area contributed by atoms with E-state index in [1.165, 1.54) is 6.26 Å². The van der Waals surface area contributed by atoms with Crippen LogP contribution in [0.25, 0.3) is 0 Å². The van der Waals surface area contributed by atoms with Gasteiger partial charge in [-0.05, 0) is 25.5 Å². The molecule has 1 heterocycles. The fraction of sp³-hybridized carbons (Fsp3) is 0.267. The number of hydrogen-bond donors (Lipinski definition) is 2. The zero-order valence-electron chi connectivity index (χ0n) is 11.0. The number of aliphatic hydroxyl groups excluding tert-OH is 1. The summed E-state index contributed by atoms with van der Waals surface area (Å²) in [7, 11) is 0. The molecule has 0 aliphatic heterocycles. The van der Waals surface area contributed by atoms with Gasteiger partial charge in [0.2, 0.25) is 0 Å². The van der Waals surface area contributed by atoms with E-state index < -0.39 is 5.54 Å². The normalized spacial score (nSPS) is 13.8. The van der Waals surface area contributed by atoms with Crippen LogP contribution >= 0.6 is 0 Å². The van der Waals surface area contributed by atoms with Crippen LogP contribution in [0.15, 0.2) is 47.1 Å². The molecule has 1 amide bonds. The Hall–Kier alpha value is -2.07. The number of benzene rings is 1. The minimum Gasteiger partial charge on any atom is -0.469 e. The van der Waals surface area contributed by atoms with Gasteiger partial charge in [0.1, 0.15) is 5.76 Å². The first kappa shape index (κ1) is 13.4. The molecule has 0 aliphatic rings. The topological polar surface area (TPSA) is 62.5 Å². The molecule has 1 aromatic carbocycles. The van der Waals surface area contributed by atoms with Crippen molar-refractivity contribution < 1.29 is 14.3 Å². The lowest BCUT2D eigenvalue weighted by molar-refractivity contribution is 0.0848. The third-order valence-electron chi connectivity index (χ3n) is 3.22. The second-order valence-electron chi connectivity index (χ2n) is 4.70. The number of hydrogen-bond acceptors (Lipinski definition) is 3. The van der Waals surface area contributed by atoms with Gasteiger partial charge in [0.25, 0.3) is 5.91 Å². The van der Waals surface area contributed by atoms with Gasteiger partial charge in [-0.2, -0.15) is 0 Å². The maximum atomic E-state index is 12.2. The molecule has 0 saturated heterocycles. The number of carbonyl (C=O) groups excluding carboxylic acids is 1. The van der Waals surface area contributed by atoms with Crippen molar-refractivity contribution in [3.63, 3.8) is 0 Å². The first-order chi connectivity index (χ1) is 9.07. The SMILES string of the molecule is Cc1occc1C(=O)NC(C)(CO)c1ccccc1. The highest BCUT2D eigenvalue weighted by Crippen LogP contribution is 2.21. The van der Waals surface area contributed by atoms with E-state index in [1.807, 2.05) is 30.3 Å². The van der Waals surface area contributed by atoms with Crippen molar-refractivity contribution in [2.75, 3.05) is 6.61 Å². The summed E-state index contributed by atoms with van der Waals surface area (Å²) in [5, 5.41) is 12.5. The standard InChI is InChI=1S/C15H17NO3/c1-11-13(8-9-19-11)14(18)16-15(2,10-17)12-6-4-3-5-7-12/h3-9,17H,10H2,1-2H3,(H,16,18). The zero-order valence-corrected chi connectivity index (χ0v) is 11.0. The lowest BCUT2D eigenvalue weighted by atomic mass is 9.92. The predicted octanol–water partition coefficient (Wildman–Crippen LogP) is 2.23. The van der Waals surface area contributed by atoms with Crippen molar-refractivity contribution in [3.8, 4) is 0 Å². The van der Waals surface area contributed by atoms with Gasteiger partial charge >= 0.3 is 0 Å². The van der Waals surface area contributed by atoms with Gasteiger partial charge in [0, 0.05) is 0 Å². The zero-order chi connectivity index (χ0) is 13.9. The molecule has 1 unspecified atom stereocenters. The second-order valence-corrected chi connectivity index (χ2v) is 4.70. The quantitative estimate of drug-likeness (QED) is 0.885. The van der Waals surface area contributed by atoms with Crippen molar-refractivity contribution in [2.45, 2.75) is 19.4 Å². The van der Waals surface area contributed by atoms with Gasteiger partial charge in [-0.3, -0.25) is 4.79 Å². The molecule has 100 valence electrons. The van der Waals surface area contributed by atoms with E-state index in [0.29, 0.717) is 11.3 Å². The minimum absolute atomic E-state index is 0.181. The Labute approximate surface area is 112 Å². The summed E-state index contributed by atoms with van der Waals surface area (Å²) in [5.74, 6) is 0.303. The van der Waals surface area contributed by atoms with Crippen molar-refractivity contribution in [3.05, 3.63) is 59.5 Å². The summed E-state index contributed by atoms with van der Waals surface area (Å²) in [4.78, 5) is 12.2. The van der Waals surface area contributed by atoms with Crippen LogP contribution in [0.3, 0.4) is 0 Å². The van der Waals surface area contributed by atoms with Gasteiger partial charge in [-0.25, -0.2) is 0 Å². The fourth-order valence-electron chi connectivity index (χ4n) is 1.95. The maximum absolute atomic E-state index is 12.2. The van der Waals surface area contributed by atoms with Crippen LogP contribution in [-0.2, 0) is 5.54 Å². The highest BCUT2D eigenvalue weighted by Gasteiger charge is 2.28. The highest BCUT2D eigenvalue weighted by molar-refractivity contribution is 5.95. The van der Waals surface area contributed by atoms with Crippen molar-refractivity contribution in [2.24, 2.45) is 0 Å². The van der Waals surface area contributed by atoms with Crippen molar-refractivity contribution >= 4 is 5.91 Å².